The van der Waals surface area contributed by atoms with Gasteiger partial charge < -0.3 is 28.4 Å². The van der Waals surface area contributed by atoms with Gasteiger partial charge in [-0.15, -0.1) is 0 Å². The Labute approximate surface area is 277 Å². The monoisotopic (exact) mass is 644 g/mol. The lowest BCUT2D eigenvalue weighted by molar-refractivity contribution is 0.353. The first-order valence-electron chi connectivity index (χ1n) is 15.8. The molecule has 248 valence electrons. The van der Waals surface area contributed by atoms with Crippen LogP contribution < -0.4 is 44.0 Å². The van der Waals surface area contributed by atoms with Crippen LogP contribution >= 0.6 is 0 Å². The van der Waals surface area contributed by atoms with Gasteiger partial charge in [-0.25, -0.2) is 0 Å². The van der Waals surface area contributed by atoms with Crippen LogP contribution in [0, 0.1) is 41.5 Å². The first-order chi connectivity index (χ1) is 21.7. The van der Waals surface area contributed by atoms with Crippen molar-refractivity contribution in [2.45, 2.75) is 74.8 Å². The summed E-state index contributed by atoms with van der Waals surface area (Å²) in [5, 5.41) is 3.34. The number of ether oxygens (including phenoxy) is 6. The van der Waals surface area contributed by atoms with Crippen molar-refractivity contribution in [2.24, 2.45) is 0 Å². The highest BCUT2D eigenvalue weighted by Crippen LogP contribution is 2.52. The third-order valence-corrected chi connectivity index (χ3v) is 16.3. The van der Waals surface area contributed by atoms with Crippen molar-refractivity contribution in [1.82, 2.24) is 0 Å². The second-order valence-electron chi connectivity index (χ2n) is 12.7. The molecule has 0 saturated carbocycles. The van der Waals surface area contributed by atoms with Gasteiger partial charge in [-0.3, -0.25) is 0 Å². The largest absolute Gasteiger partial charge is 0.493 e. The average molecular weight is 645 g/mol. The molecule has 1 aliphatic carbocycles. The Balaban J connectivity index is 2.60. The normalized spacial score (nSPS) is 13.8. The van der Waals surface area contributed by atoms with Crippen LogP contribution in [0.15, 0.2) is 40.5 Å². The molecular weight excluding hydrogens is 593 g/mol. The molecule has 7 heteroatoms. The van der Waals surface area contributed by atoms with Gasteiger partial charge in [-0.2, -0.15) is 0 Å². The Bertz CT molecular complexity index is 1580. The molecule has 0 amide bonds. The Morgan fingerprint density at radius 2 is 0.609 bits per heavy atom. The molecule has 0 atom stereocenters. The topological polar surface area (TPSA) is 55.4 Å². The summed E-state index contributed by atoms with van der Waals surface area (Å²) in [7, 11) is 6.91. The molecule has 4 rings (SSSR count). The van der Waals surface area contributed by atoms with Gasteiger partial charge in [0.2, 0.25) is 0 Å². The van der Waals surface area contributed by atoms with Crippen molar-refractivity contribution < 1.29 is 28.4 Å². The van der Waals surface area contributed by atoms with Gasteiger partial charge in [0.15, 0.2) is 42.6 Å². The fraction of sp³-hybridized carbons (Fsp3) is 0.436. The molecule has 0 N–H and O–H groups in total. The van der Waals surface area contributed by atoms with E-state index in [0.29, 0.717) is 0 Å². The van der Waals surface area contributed by atoms with E-state index in [1.54, 1.807) is 42.7 Å². The molecular formula is C39H52O6Si. The standard InChI is InChI=1S/C39H52O6Si/c1-20-17-23(4)36(33(43-14)30(20)40-11)46(39-28(9)26(7)27(8)29(39)10,37-24(5)18-21(2)31(41-12)34(37)44-15)38-25(6)19-22(3)32(42-13)35(38)45-16/h17-19,39H,1-16H3. The summed E-state index contributed by atoms with van der Waals surface area (Å²) in [4.78, 5) is 0. The maximum atomic E-state index is 6.48. The zero-order valence-corrected chi connectivity index (χ0v) is 31.8. The van der Waals surface area contributed by atoms with Crippen LogP contribution in [0.1, 0.15) is 61.1 Å². The summed E-state index contributed by atoms with van der Waals surface area (Å²) in [6, 6.07) is 6.68. The predicted octanol–water partition coefficient (Wildman–Crippen LogP) is 7.12. The van der Waals surface area contributed by atoms with E-state index in [1.165, 1.54) is 22.3 Å². The number of hydrogen-bond acceptors (Lipinski definition) is 6. The van der Waals surface area contributed by atoms with Gasteiger partial charge in [0.25, 0.3) is 0 Å². The van der Waals surface area contributed by atoms with Crippen LogP contribution in [-0.2, 0) is 0 Å². The Morgan fingerprint density at radius 3 is 0.826 bits per heavy atom. The van der Waals surface area contributed by atoms with Gasteiger partial charge in [-0.1, -0.05) is 29.3 Å². The minimum Gasteiger partial charge on any atom is -0.493 e. The molecule has 0 aromatic heterocycles. The maximum absolute atomic E-state index is 6.48. The van der Waals surface area contributed by atoms with Crippen molar-refractivity contribution in [3.8, 4) is 34.5 Å². The van der Waals surface area contributed by atoms with Crippen LogP contribution in [0.3, 0.4) is 0 Å². The molecule has 3 aromatic rings. The lowest BCUT2D eigenvalue weighted by Crippen LogP contribution is -2.72. The van der Waals surface area contributed by atoms with E-state index < -0.39 is 8.07 Å². The lowest BCUT2D eigenvalue weighted by atomic mass is 10.1. The number of hydrogen-bond donors (Lipinski definition) is 0. The third-order valence-electron chi connectivity index (χ3n) is 10.3. The van der Waals surface area contributed by atoms with Crippen LogP contribution in [-0.4, -0.2) is 50.7 Å². The summed E-state index contributed by atoms with van der Waals surface area (Å²) in [6.07, 6.45) is 0. The molecule has 0 heterocycles. The molecule has 46 heavy (non-hydrogen) atoms. The summed E-state index contributed by atoms with van der Waals surface area (Å²) in [5.74, 6) is 4.37. The van der Waals surface area contributed by atoms with Crippen molar-refractivity contribution in [3.05, 3.63) is 73.9 Å². The number of allylic oxidation sites excluding steroid dienone is 4. The van der Waals surface area contributed by atoms with Gasteiger partial charge in [0, 0.05) is 5.54 Å². The van der Waals surface area contributed by atoms with E-state index >= 15 is 0 Å². The molecule has 1 aliphatic rings. The highest BCUT2D eigenvalue weighted by atomic mass is 28.3. The zero-order valence-electron chi connectivity index (χ0n) is 30.8. The minimum absolute atomic E-state index is 0.0208. The summed E-state index contributed by atoms with van der Waals surface area (Å²) in [6.45, 7) is 21.9. The van der Waals surface area contributed by atoms with Crippen LogP contribution in [0.25, 0.3) is 0 Å². The molecule has 0 fully saturated rings. The molecule has 0 saturated heterocycles. The molecule has 0 aliphatic heterocycles. The minimum atomic E-state index is -3.47. The van der Waals surface area contributed by atoms with Crippen LogP contribution in [0.5, 0.6) is 34.5 Å². The van der Waals surface area contributed by atoms with Crippen molar-refractivity contribution in [3.63, 3.8) is 0 Å². The summed E-state index contributed by atoms with van der Waals surface area (Å²) < 4.78 is 37.9. The van der Waals surface area contributed by atoms with Crippen molar-refractivity contribution in [1.29, 1.82) is 0 Å². The van der Waals surface area contributed by atoms with E-state index in [-0.39, 0.29) is 5.54 Å². The van der Waals surface area contributed by atoms with Crippen LogP contribution in [0.2, 0.25) is 5.54 Å². The van der Waals surface area contributed by atoms with E-state index in [4.69, 9.17) is 28.4 Å². The first kappa shape index (κ1) is 35.0. The molecule has 0 bridgehead atoms. The highest BCUT2D eigenvalue weighted by molar-refractivity contribution is 7.15. The van der Waals surface area contributed by atoms with Gasteiger partial charge in [0.05, 0.1) is 42.7 Å². The van der Waals surface area contributed by atoms with Crippen molar-refractivity contribution >= 4 is 23.6 Å². The van der Waals surface area contributed by atoms with E-state index in [9.17, 15) is 0 Å². The number of methoxy groups -OCH3 is 6. The molecule has 0 unspecified atom stereocenters. The summed E-state index contributed by atoms with van der Waals surface area (Å²) >= 11 is 0. The number of aryl methyl sites for hydroxylation is 6. The van der Waals surface area contributed by atoms with E-state index in [2.05, 4.69) is 87.4 Å². The van der Waals surface area contributed by atoms with Gasteiger partial charge in [-0.05, 0) is 129 Å². The second-order valence-corrected chi connectivity index (χ2v) is 16.4. The molecule has 0 radical (unpaired) electrons. The van der Waals surface area contributed by atoms with E-state index in [0.717, 1.165) is 83.4 Å². The highest BCUT2D eigenvalue weighted by Gasteiger charge is 2.57. The molecule has 3 aromatic carbocycles. The average Bonchev–Trinajstić information content (AvgIpc) is 3.20. The first-order valence-corrected chi connectivity index (χ1v) is 17.8. The fourth-order valence-corrected chi connectivity index (χ4v) is 15.6. The Kier molecular flexibility index (Phi) is 9.98. The Morgan fingerprint density at radius 1 is 0.370 bits per heavy atom. The third kappa shape index (κ3) is 4.89. The second kappa shape index (κ2) is 13.1. The summed E-state index contributed by atoms with van der Waals surface area (Å²) in [5.41, 5.74) is 11.6. The SMILES string of the molecule is COc1c(C)cc(C)c([Si](c2c(C)cc(C)c(OC)c2OC)(c2c(C)cc(C)c(OC)c2OC)C2C(C)=C(C)C(C)=C2C)c1OC. The van der Waals surface area contributed by atoms with Crippen molar-refractivity contribution in [2.75, 3.05) is 42.7 Å². The predicted molar refractivity (Wildman–Crippen MR) is 192 cm³/mol. The molecule has 0 spiro atoms. The number of benzene rings is 3. The quantitative estimate of drug-likeness (QED) is 0.173. The zero-order chi connectivity index (χ0) is 34.4. The maximum Gasteiger partial charge on any atom is 0.174 e. The van der Waals surface area contributed by atoms with E-state index in [1.807, 2.05) is 0 Å². The number of rotatable bonds is 10. The van der Waals surface area contributed by atoms with Gasteiger partial charge in [0.1, 0.15) is 0 Å². The Hall–Kier alpha value is -3.84. The smallest absolute Gasteiger partial charge is 0.174 e. The lowest BCUT2D eigenvalue weighted by Gasteiger charge is -2.45. The van der Waals surface area contributed by atoms with Crippen LogP contribution in [0.4, 0.5) is 0 Å². The fourth-order valence-electron chi connectivity index (χ4n) is 8.42. The van der Waals surface area contributed by atoms with Gasteiger partial charge >= 0.3 is 0 Å². The molecule has 6 nitrogen and oxygen atoms in total.